The number of ether oxygens (including phenoxy) is 1. The van der Waals surface area contributed by atoms with E-state index in [2.05, 4.69) is 11.8 Å². The standard InChI is InChI=1S/C15H21NO3/c1-2-16(11-14-7-4-8-19-14)10-12-5-3-6-13(9-12)15(17)18/h3,5-6,9,14H,2,4,7-8,10-11H2,1H3,(H,17,18). The molecule has 1 saturated heterocycles. The summed E-state index contributed by atoms with van der Waals surface area (Å²) < 4.78 is 5.65. The van der Waals surface area contributed by atoms with Crippen LogP contribution in [0, 0.1) is 0 Å². The molecule has 0 aliphatic carbocycles. The summed E-state index contributed by atoms with van der Waals surface area (Å²) in [7, 11) is 0. The van der Waals surface area contributed by atoms with Crippen molar-refractivity contribution in [2.24, 2.45) is 0 Å². The van der Waals surface area contributed by atoms with Crippen LogP contribution in [0.2, 0.25) is 0 Å². The van der Waals surface area contributed by atoms with Crippen LogP contribution in [0.25, 0.3) is 0 Å². The van der Waals surface area contributed by atoms with Gasteiger partial charge in [-0.25, -0.2) is 4.79 Å². The van der Waals surface area contributed by atoms with Gasteiger partial charge in [-0.3, -0.25) is 4.90 Å². The van der Waals surface area contributed by atoms with E-state index in [0.717, 1.165) is 44.6 Å². The van der Waals surface area contributed by atoms with Gasteiger partial charge in [-0.1, -0.05) is 19.1 Å². The van der Waals surface area contributed by atoms with Crippen molar-refractivity contribution >= 4 is 5.97 Å². The van der Waals surface area contributed by atoms with Crippen LogP contribution in [0.15, 0.2) is 24.3 Å². The number of rotatable bonds is 6. The molecule has 1 unspecified atom stereocenters. The monoisotopic (exact) mass is 263 g/mol. The van der Waals surface area contributed by atoms with E-state index in [1.54, 1.807) is 18.2 Å². The van der Waals surface area contributed by atoms with E-state index in [1.165, 1.54) is 0 Å². The molecule has 2 rings (SSSR count). The van der Waals surface area contributed by atoms with Crippen LogP contribution in [-0.2, 0) is 11.3 Å². The lowest BCUT2D eigenvalue weighted by molar-refractivity contribution is 0.0692. The molecule has 1 aliphatic rings. The van der Waals surface area contributed by atoms with E-state index in [4.69, 9.17) is 9.84 Å². The van der Waals surface area contributed by atoms with Crippen LogP contribution in [0.3, 0.4) is 0 Å². The molecule has 104 valence electrons. The van der Waals surface area contributed by atoms with E-state index in [-0.39, 0.29) is 0 Å². The smallest absolute Gasteiger partial charge is 0.335 e. The molecule has 4 nitrogen and oxygen atoms in total. The third-order valence-corrected chi connectivity index (χ3v) is 3.51. The Bertz CT molecular complexity index is 427. The minimum Gasteiger partial charge on any atom is -0.478 e. The summed E-state index contributed by atoms with van der Waals surface area (Å²) in [6.07, 6.45) is 2.62. The van der Waals surface area contributed by atoms with Crippen molar-refractivity contribution in [3.8, 4) is 0 Å². The van der Waals surface area contributed by atoms with Gasteiger partial charge in [-0.2, -0.15) is 0 Å². The van der Waals surface area contributed by atoms with Crippen LogP contribution in [0.4, 0.5) is 0 Å². The minimum absolute atomic E-state index is 0.336. The van der Waals surface area contributed by atoms with Crippen molar-refractivity contribution in [1.29, 1.82) is 0 Å². The van der Waals surface area contributed by atoms with Crippen LogP contribution in [-0.4, -0.2) is 41.8 Å². The number of hydrogen-bond acceptors (Lipinski definition) is 3. The summed E-state index contributed by atoms with van der Waals surface area (Å²) in [5.74, 6) is -0.871. The SMILES string of the molecule is CCN(Cc1cccc(C(=O)O)c1)CC1CCCO1. The van der Waals surface area contributed by atoms with Gasteiger partial charge < -0.3 is 9.84 Å². The second kappa shape index (κ2) is 6.68. The molecule has 0 aromatic heterocycles. The average Bonchev–Trinajstić information content (AvgIpc) is 2.91. The minimum atomic E-state index is -0.871. The molecule has 0 saturated carbocycles. The van der Waals surface area contributed by atoms with Crippen LogP contribution < -0.4 is 0 Å². The molecular weight excluding hydrogens is 242 g/mol. The molecule has 1 fully saturated rings. The van der Waals surface area contributed by atoms with Crippen LogP contribution in [0.5, 0.6) is 0 Å². The Morgan fingerprint density at radius 2 is 2.37 bits per heavy atom. The maximum absolute atomic E-state index is 11.0. The zero-order chi connectivity index (χ0) is 13.7. The van der Waals surface area contributed by atoms with Crippen LogP contribution >= 0.6 is 0 Å². The number of aromatic carboxylic acids is 1. The molecule has 1 aromatic carbocycles. The summed E-state index contributed by atoms with van der Waals surface area (Å²) in [4.78, 5) is 13.3. The molecule has 0 amide bonds. The summed E-state index contributed by atoms with van der Waals surface area (Å²) >= 11 is 0. The largest absolute Gasteiger partial charge is 0.478 e. The lowest BCUT2D eigenvalue weighted by Gasteiger charge is -2.23. The fourth-order valence-corrected chi connectivity index (χ4v) is 2.44. The van der Waals surface area contributed by atoms with E-state index in [0.29, 0.717) is 11.7 Å². The van der Waals surface area contributed by atoms with Gasteiger partial charge in [0.05, 0.1) is 11.7 Å². The number of carboxylic acid groups (broad SMARTS) is 1. The summed E-state index contributed by atoms with van der Waals surface area (Å²) in [5, 5.41) is 9.00. The van der Waals surface area contributed by atoms with Crippen LogP contribution in [0.1, 0.15) is 35.7 Å². The van der Waals surface area contributed by atoms with Gasteiger partial charge in [0.2, 0.25) is 0 Å². The Balaban J connectivity index is 1.96. The quantitative estimate of drug-likeness (QED) is 0.856. The Labute approximate surface area is 114 Å². The number of benzene rings is 1. The first-order valence-corrected chi connectivity index (χ1v) is 6.85. The highest BCUT2D eigenvalue weighted by atomic mass is 16.5. The lowest BCUT2D eigenvalue weighted by Crippen LogP contribution is -2.31. The van der Waals surface area contributed by atoms with Crippen molar-refractivity contribution in [3.63, 3.8) is 0 Å². The number of likely N-dealkylation sites (N-methyl/N-ethyl adjacent to an activating group) is 1. The lowest BCUT2D eigenvalue weighted by atomic mass is 10.1. The molecule has 4 heteroatoms. The van der Waals surface area contributed by atoms with Gasteiger partial charge in [-0.15, -0.1) is 0 Å². The highest BCUT2D eigenvalue weighted by Gasteiger charge is 2.18. The van der Waals surface area contributed by atoms with Gasteiger partial charge in [-0.05, 0) is 37.1 Å². The topological polar surface area (TPSA) is 49.8 Å². The molecule has 0 spiro atoms. The second-order valence-electron chi connectivity index (χ2n) is 4.97. The molecular formula is C15H21NO3. The Morgan fingerprint density at radius 1 is 1.53 bits per heavy atom. The normalized spacial score (nSPS) is 18.9. The molecule has 19 heavy (non-hydrogen) atoms. The predicted molar refractivity (Wildman–Crippen MR) is 73.3 cm³/mol. The van der Waals surface area contributed by atoms with E-state index in [1.807, 2.05) is 6.07 Å². The summed E-state index contributed by atoms with van der Waals surface area (Å²) in [6.45, 7) is 5.63. The van der Waals surface area contributed by atoms with Gasteiger partial charge in [0.15, 0.2) is 0 Å². The molecule has 1 aromatic rings. The highest BCUT2D eigenvalue weighted by molar-refractivity contribution is 5.87. The molecule has 0 radical (unpaired) electrons. The van der Waals surface area contributed by atoms with Crippen molar-refractivity contribution < 1.29 is 14.6 Å². The zero-order valence-electron chi connectivity index (χ0n) is 11.3. The molecule has 1 N–H and O–H groups in total. The van der Waals surface area contributed by atoms with Crippen molar-refractivity contribution in [2.45, 2.75) is 32.4 Å². The number of nitrogens with zero attached hydrogens (tertiary/aromatic N) is 1. The predicted octanol–water partition coefficient (Wildman–Crippen LogP) is 2.39. The van der Waals surface area contributed by atoms with E-state index < -0.39 is 5.97 Å². The number of carbonyl (C=O) groups is 1. The third kappa shape index (κ3) is 4.04. The zero-order valence-corrected chi connectivity index (χ0v) is 11.3. The maximum Gasteiger partial charge on any atom is 0.335 e. The van der Waals surface area contributed by atoms with E-state index >= 15 is 0 Å². The Hall–Kier alpha value is -1.39. The fraction of sp³-hybridized carbons (Fsp3) is 0.533. The number of carboxylic acids is 1. The molecule has 1 atom stereocenters. The highest BCUT2D eigenvalue weighted by Crippen LogP contribution is 2.15. The molecule has 1 aliphatic heterocycles. The second-order valence-corrected chi connectivity index (χ2v) is 4.97. The Kier molecular flexibility index (Phi) is 4.93. The Morgan fingerprint density at radius 3 is 3.00 bits per heavy atom. The first-order valence-electron chi connectivity index (χ1n) is 6.85. The van der Waals surface area contributed by atoms with Crippen molar-refractivity contribution in [1.82, 2.24) is 4.90 Å². The van der Waals surface area contributed by atoms with Gasteiger partial charge in [0.1, 0.15) is 0 Å². The fourth-order valence-electron chi connectivity index (χ4n) is 2.44. The number of hydrogen-bond donors (Lipinski definition) is 1. The summed E-state index contributed by atoms with van der Waals surface area (Å²) in [5.41, 5.74) is 1.39. The molecule has 0 bridgehead atoms. The van der Waals surface area contributed by atoms with Crippen molar-refractivity contribution in [3.05, 3.63) is 35.4 Å². The van der Waals surface area contributed by atoms with E-state index in [9.17, 15) is 4.79 Å². The average molecular weight is 263 g/mol. The van der Waals surface area contributed by atoms with Gasteiger partial charge >= 0.3 is 5.97 Å². The maximum atomic E-state index is 11.0. The van der Waals surface area contributed by atoms with Gasteiger partial charge in [0.25, 0.3) is 0 Å². The third-order valence-electron chi connectivity index (χ3n) is 3.51. The van der Waals surface area contributed by atoms with Gasteiger partial charge in [0, 0.05) is 19.7 Å². The first kappa shape index (κ1) is 14.0. The molecule has 1 heterocycles. The summed E-state index contributed by atoms with van der Waals surface area (Å²) in [6, 6.07) is 7.16. The first-order chi connectivity index (χ1) is 9.19. The van der Waals surface area contributed by atoms with Crippen molar-refractivity contribution in [2.75, 3.05) is 19.7 Å².